The smallest absolute Gasteiger partial charge is 0.143 e. The molecular weight excluding hydrogens is 186 g/mol. The predicted octanol–water partition coefficient (Wildman–Crippen LogP) is 2.47. The second-order valence-electron chi connectivity index (χ2n) is 3.52. The summed E-state index contributed by atoms with van der Waals surface area (Å²) in [4.78, 5) is 11.0. The van der Waals surface area contributed by atoms with Crippen LogP contribution in [0.5, 0.6) is 0 Å². The van der Waals surface area contributed by atoms with Crippen LogP contribution in [0.3, 0.4) is 0 Å². The monoisotopic (exact) mass is 199 g/mol. The van der Waals surface area contributed by atoms with Gasteiger partial charge in [0.15, 0.2) is 0 Å². The lowest BCUT2D eigenvalue weighted by Gasteiger charge is -2.12. The number of rotatable bonds is 4. The third kappa shape index (κ3) is 2.34. The molecular formula is C13H13NO. The molecule has 2 nitrogen and oxygen atoms in total. The highest BCUT2D eigenvalue weighted by Crippen LogP contribution is 2.12. The van der Waals surface area contributed by atoms with E-state index in [9.17, 15) is 4.79 Å². The van der Waals surface area contributed by atoms with E-state index in [1.54, 1.807) is 0 Å². The summed E-state index contributed by atoms with van der Waals surface area (Å²) < 4.78 is 1.93. The van der Waals surface area contributed by atoms with Crippen molar-refractivity contribution in [3.05, 3.63) is 60.4 Å². The van der Waals surface area contributed by atoms with Crippen LogP contribution in [0.25, 0.3) is 0 Å². The summed E-state index contributed by atoms with van der Waals surface area (Å²) in [6.45, 7) is 0. The van der Waals surface area contributed by atoms with Crippen molar-refractivity contribution in [1.29, 1.82) is 0 Å². The van der Waals surface area contributed by atoms with Crippen molar-refractivity contribution in [2.45, 2.75) is 12.5 Å². The number of hydrogen-bond acceptors (Lipinski definition) is 1. The van der Waals surface area contributed by atoms with Gasteiger partial charge in [-0.1, -0.05) is 30.3 Å². The SMILES string of the molecule is O=CC(Cc1ccccc1)n1cccc1. The molecule has 2 heteroatoms. The Kier molecular flexibility index (Phi) is 2.98. The van der Waals surface area contributed by atoms with Crippen LogP contribution in [0.15, 0.2) is 54.9 Å². The highest BCUT2D eigenvalue weighted by atomic mass is 16.1. The first-order valence-corrected chi connectivity index (χ1v) is 5.02. The number of aromatic nitrogens is 1. The summed E-state index contributed by atoms with van der Waals surface area (Å²) in [6.07, 6.45) is 5.58. The first-order chi connectivity index (χ1) is 7.40. The molecule has 76 valence electrons. The molecule has 2 rings (SSSR count). The van der Waals surface area contributed by atoms with Gasteiger partial charge in [-0.25, -0.2) is 0 Å². The summed E-state index contributed by atoms with van der Waals surface area (Å²) >= 11 is 0. The van der Waals surface area contributed by atoms with Gasteiger partial charge in [0.1, 0.15) is 6.29 Å². The third-order valence-corrected chi connectivity index (χ3v) is 2.46. The van der Waals surface area contributed by atoms with Crippen molar-refractivity contribution in [2.75, 3.05) is 0 Å². The Hall–Kier alpha value is -1.83. The third-order valence-electron chi connectivity index (χ3n) is 2.46. The van der Waals surface area contributed by atoms with Crippen LogP contribution < -0.4 is 0 Å². The van der Waals surface area contributed by atoms with Gasteiger partial charge in [-0.05, 0) is 24.1 Å². The molecule has 0 aliphatic rings. The summed E-state index contributed by atoms with van der Waals surface area (Å²) in [5.41, 5.74) is 1.18. The maximum atomic E-state index is 11.0. The molecule has 0 radical (unpaired) electrons. The molecule has 0 spiro atoms. The molecule has 0 aliphatic heterocycles. The largest absolute Gasteiger partial charge is 0.344 e. The molecule has 1 aromatic heterocycles. The lowest BCUT2D eigenvalue weighted by molar-refractivity contribution is -0.110. The Morgan fingerprint density at radius 2 is 1.73 bits per heavy atom. The van der Waals surface area contributed by atoms with E-state index < -0.39 is 0 Å². The van der Waals surface area contributed by atoms with E-state index in [-0.39, 0.29) is 6.04 Å². The highest BCUT2D eigenvalue weighted by molar-refractivity contribution is 5.56. The van der Waals surface area contributed by atoms with Crippen LogP contribution in [0.1, 0.15) is 11.6 Å². The van der Waals surface area contributed by atoms with Gasteiger partial charge in [0.05, 0.1) is 6.04 Å². The normalized spacial score (nSPS) is 12.3. The fourth-order valence-corrected chi connectivity index (χ4v) is 1.65. The number of carbonyl (C=O) groups is 1. The fourth-order valence-electron chi connectivity index (χ4n) is 1.65. The number of benzene rings is 1. The standard InChI is InChI=1S/C13H13NO/c15-11-13(14-8-4-5-9-14)10-12-6-2-1-3-7-12/h1-9,11,13H,10H2. The second-order valence-corrected chi connectivity index (χ2v) is 3.52. The van der Waals surface area contributed by atoms with Crippen LogP contribution in [0.4, 0.5) is 0 Å². The summed E-state index contributed by atoms with van der Waals surface area (Å²) in [5.74, 6) is 0. The van der Waals surface area contributed by atoms with Crippen molar-refractivity contribution in [1.82, 2.24) is 4.57 Å². The number of hydrogen-bond donors (Lipinski definition) is 0. The molecule has 0 N–H and O–H groups in total. The molecule has 0 fully saturated rings. The summed E-state index contributed by atoms with van der Waals surface area (Å²) in [7, 11) is 0. The average molecular weight is 199 g/mol. The Morgan fingerprint density at radius 1 is 1.07 bits per heavy atom. The zero-order valence-corrected chi connectivity index (χ0v) is 8.41. The van der Waals surface area contributed by atoms with Crippen molar-refractivity contribution >= 4 is 6.29 Å². The molecule has 1 heterocycles. The Morgan fingerprint density at radius 3 is 2.33 bits per heavy atom. The van der Waals surface area contributed by atoms with E-state index in [2.05, 4.69) is 0 Å². The number of nitrogens with zero attached hydrogens (tertiary/aromatic N) is 1. The molecule has 0 saturated carbocycles. The van der Waals surface area contributed by atoms with Crippen molar-refractivity contribution < 1.29 is 4.79 Å². The van der Waals surface area contributed by atoms with Gasteiger partial charge in [-0.15, -0.1) is 0 Å². The van der Waals surface area contributed by atoms with Crippen molar-refractivity contribution in [2.24, 2.45) is 0 Å². The van der Waals surface area contributed by atoms with Gasteiger partial charge in [0.25, 0.3) is 0 Å². The zero-order valence-electron chi connectivity index (χ0n) is 8.41. The van der Waals surface area contributed by atoms with E-state index in [4.69, 9.17) is 0 Å². The molecule has 1 unspecified atom stereocenters. The molecule has 15 heavy (non-hydrogen) atoms. The number of aldehydes is 1. The minimum Gasteiger partial charge on any atom is -0.344 e. The molecule has 0 saturated heterocycles. The Labute approximate surface area is 89.2 Å². The van der Waals surface area contributed by atoms with Crippen LogP contribution in [0, 0.1) is 0 Å². The van der Waals surface area contributed by atoms with Crippen molar-refractivity contribution in [3.8, 4) is 0 Å². The van der Waals surface area contributed by atoms with E-state index in [1.807, 2.05) is 59.4 Å². The summed E-state index contributed by atoms with van der Waals surface area (Å²) in [6, 6.07) is 13.8. The fraction of sp³-hybridized carbons (Fsp3) is 0.154. The predicted molar refractivity (Wildman–Crippen MR) is 59.7 cm³/mol. The summed E-state index contributed by atoms with van der Waals surface area (Å²) in [5, 5.41) is 0. The van der Waals surface area contributed by atoms with Gasteiger partial charge in [-0.2, -0.15) is 0 Å². The minimum absolute atomic E-state index is 0.0950. The maximum absolute atomic E-state index is 11.0. The van der Waals surface area contributed by atoms with E-state index >= 15 is 0 Å². The van der Waals surface area contributed by atoms with Crippen LogP contribution in [-0.2, 0) is 11.2 Å². The first-order valence-electron chi connectivity index (χ1n) is 5.02. The molecule has 0 bridgehead atoms. The van der Waals surface area contributed by atoms with Gasteiger partial charge in [-0.3, -0.25) is 0 Å². The van der Waals surface area contributed by atoms with Crippen LogP contribution in [0.2, 0.25) is 0 Å². The van der Waals surface area contributed by atoms with E-state index in [0.29, 0.717) is 0 Å². The van der Waals surface area contributed by atoms with Gasteiger partial charge >= 0.3 is 0 Å². The quantitative estimate of drug-likeness (QED) is 0.693. The second kappa shape index (κ2) is 4.60. The molecule has 2 aromatic rings. The molecule has 0 amide bonds. The maximum Gasteiger partial charge on any atom is 0.143 e. The zero-order chi connectivity index (χ0) is 10.5. The average Bonchev–Trinajstić information content (AvgIpc) is 2.81. The Bertz CT molecular complexity index is 405. The number of carbonyl (C=O) groups excluding carboxylic acids is 1. The van der Waals surface area contributed by atoms with Gasteiger partial charge < -0.3 is 9.36 Å². The first kappa shape index (κ1) is 9.71. The van der Waals surface area contributed by atoms with Crippen molar-refractivity contribution in [3.63, 3.8) is 0 Å². The lowest BCUT2D eigenvalue weighted by atomic mass is 10.1. The minimum atomic E-state index is -0.0950. The van der Waals surface area contributed by atoms with Crippen LogP contribution >= 0.6 is 0 Å². The Balaban J connectivity index is 2.13. The van der Waals surface area contributed by atoms with E-state index in [0.717, 1.165) is 12.7 Å². The molecule has 1 atom stereocenters. The van der Waals surface area contributed by atoms with Gasteiger partial charge in [0.2, 0.25) is 0 Å². The topological polar surface area (TPSA) is 22.0 Å². The van der Waals surface area contributed by atoms with Gasteiger partial charge in [0, 0.05) is 12.4 Å². The van der Waals surface area contributed by atoms with Crippen LogP contribution in [-0.4, -0.2) is 10.9 Å². The molecule has 1 aromatic carbocycles. The lowest BCUT2D eigenvalue weighted by Crippen LogP contribution is -2.11. The highest BCUT2D eigenvalue weighted by Gasteiger charge is 2.08. The molecule has 0 aliphatic carbocycles. The van der Waals surface area contributed by atoms with E-state index in [1.165, 1.54) is 5.56 Å².